The summed E-state index contributed by atoms with van der Waals surface area (Å²) in [6, 6.07) is 10.9. The monoisotopic (exact) mass is 199 g/mol. The fourth-order valence-corrected chi connectivity index (χ4v) is 2.77. The molecular formula is C14H17N. The first kappa shape index (κ1) is 9.02. The topological polar surface area (TPSA) is 4.93 Å². The number of nitrogens with zero attached hydrogens (tertiary/aromatic N) is 1. The molecule has 1 heteroatoms. The minimum absolute atomic E-state index is 0.917. The van der Waals surface area contributed by atoms with E-state index in [1.54, 1.807) is 0 Å². The Morgan fingerprint density at radius 1 is 1.07 bits per heavy atom. The van der Waals surface area contributed by atoms with E-state index in [0.717, 1.165) is 5.92 Å². The van der Waals surface area contributed by atoms with Gasteiger partial charge >= 0.3 is 0 Å². The highest BCUT2D eigenvalue weighted by atomic mass is 15.0. The van der Waals surface area contributed by atoms with E-state index in [0.29, 0.717) is 0 Å². The van der Waals surface area contributed by atoms with E-state index >= 15 is 0 Å². The Morgan fingerprint density at radius 3 is 2.73 bits per heavy atom. The van der Waals surface area contributed by atoms with Gasteiger partial charge < -0.3 is 4.57 Å². The summed E-state index contributed by atoms with van der Waals surface area (Å²) >= 11 is 0. The second kappa shape index (κ2) is 3.73. The maximum atomic E-state index is 2.42. The summed E-state index contributed by atoms with van der Waals surface area (Å²) in [6.07, 6.45) is 7.95. The Labute approximate surface area is 90.7 Å². The molecule has 1 aliphatic rings. The summed E-state index contributed by atoms with van der Waals surface area (Å²) in [5, 5.41) is 1.37. The van der Waals surface area contributed by atoms with Crippen LogP contribution in [0.4, 0.5) is 0 Å². The van der Waals surface area contributed by atoms with Gasteiger partial charge in [0.25, 0.3) is 0 Å². The van der Waals surface area contributed by atoms with E-state index in [1.807, 2.05) is 0 Å². The van der Waals surface area contributed by atoms with Gasteiger partial charge in [0.2, 0.25) is 0 Å². The van der Waals surface area contributed by atoms with Crippen LogP contribution < -0.4 is 0 Å². The van der Waals surface area contributed by atoms with Crippen LogP contribution in [-0.2, 0) is 6.54 Å². The molecule has 78 valence electrons. The number of aromatic nitrogens is 1. The van der Waals surface area contributed by atoms with Crippen LogP contribution in [0.15, 0.2) is 36.5 Å². The lowest BCUT2D eigenvalue weighted by molar-refractivity contribution is 0.466. The third-order valence-electron chi connectivity index (χ3n) is 3.61. The van der Waals surface area contributed by atoms with Crippen molar-refractivity contribution in [1.82, 2.24) is 4.57 Å². The largest absolute Gasteiger partial charge is 0.347 e. The molecule has 1 nitrogen and oxygen atoms in total. The summed E-state index contributed by atoms with van der Waals surface area (Å²) in [4.78, 5) is 0. The van der Waals surface area contributed by atoms with Gasteiger partial charge in [-0.1, -0.05) is 31.0 Å². The van der Waals surface area contributed by atoms with Crippen molar-refractivity contribution in [2.45, 2.75) is 32.2 Å². The van der Waals surface area contributed by atoms with E-state index < -0.39 is 0 Å². The lowest BCUT2D eigenvalue weighted by Gasteiger charge is -2.11. The Balaban J connectivity index is 1.90. The van der Waals surface area contributed by atoms with Crippen molar-refractivity contribution in [3.8, 4) is 0 Å². The Kier molecular flexibility index (Phi) is 2.24. The summed E-state index contributed by atoms with van der Waals surface area (Å²) in [5.41, 5.74) is 1.39. The van der Waals surface area contributed by atoms with Crippen molar-refractivity contribution in [3.63, 3.8) is 0 Å². The fraction of sp³-hybridized carbons (Fsp3) is 0.429. The molecule has 1 fully saturated rings. The first-order valence-electron chi connectivity index (χ1n) is 5.97. The number of benzene rings is 1. The van der Waals surface area contributed by atoms with Crippen LogP contribution in [0.5, 0.6) is 0 Å². The van der Waals surface area contributed by atoms with E-state index in [1.165, 1.54) is 43.1 Å². The van der Waals surface area contributed by atoms with E-state index in [4.69, 9.17) is 0 Å². The summed E-state index contributed by atoms with van der Waals surface area (Å²) in [6.45, 7) is 1.22. The van der Waals surface area contributed by atoms with Crippen LogP contribution >= 0.6 is 0 Å². The minimum atomic E-state index is 0.917. The number of para-hydroxylation sites is 1. The van der Waals surface area contributed by atoms with E-state index in [9.17, 15) is 0 Å². The lowest BCUT2D eigenvalue weighted by Crippen LogP contribution is -2.05. The second-order valence-electron chi connectivity index (χ2n) is 4.68. The Hall–Kier alpha value is -1.24. The van der Waals surface area contributed by atoms with Crippen molar-refractivity contribution < 1.29 is 0 Å². The first-order valence-corrected chi connectivity index (χ1v) is 5.97. The average molecular weight is 199 g/mol. The van der Waals surface area contributed by atoms with Gasteiger partial charge in [0.05, 0.1) is 0 Å². The van der Waals surface area contributed by atoms with Crippen LogP contribution in [0.3, 0.4) is 0 Å². The van der Waals surface area contributed by atoms with Gasteiger partial charge in [-0.25, -0.2) is 0 Å². The zero-order chi connectivity index (χ0) is 10.1. The van der Waals surface area contributed by atoms with Crippen LogP contribution in [0.1, 0.15) is 25.7 Å². The van der Waals surface area contributed by atoms with E-state index in [-0.39, 0.29) is 0 Å². The van der Waals surface area contributed by atoms with Crippen LogP contribution in [0.2, 0.25) is 0 Å². The van der Waals surface area contributed by atoms with Crippen LogP contribution in [0, 0.1) is 5.92 Å². The number of fused-ring (bicyclic) bond motifs is 1. The Bertz CT molecular complexity index is 449. The van der Waals surface area contributed by atoms with Crippen molar-refractivity contribution in [3.05, 3.63) is 36.5 Å². The van der Waals surface area contributed by atoms with Gasteiger partial charge in [-0.3, -0.25) is 0 Å². The highest BCUT2D eigenvalue weighted by Gasteiger charge is 2.15. The van der Waals surface area contributed by atoms with Crippen LogP contribution in [0.25, 0.3) is 10.9 Å². The number of rotatable bonds is 2. The van der Waals surface area contributed by atoms with Gasteiger partial charge in [-0.15, -0.1) is 0 Å². The molecule has 0 atom stereocenters. The standard InChI is InChI=1S/C14H17N/c1-2-6-12(5-1)11-15-10-9-13-7-3-4-8-14(13)15/h3-4,7-10,12H,1-2,5-6,11H2. The second-order valence-corrected chi connectivity index (χ2v) is 4.68. The molecule has 1 aromatic carbocycles. The normalized spacial score (nSPS) is 17.6. The molecule has 0 N–H and O–H groups in total. The molecule has 2 aromatic rings. The molecule has 0 radical (unpaired) electrons. The Morgan fingerprint density at radius 2 is 1.87 bits per heavy atom. The molecule has 1 aliphatic carbocycles. The third-order valence-corrected chi connectivity index (χ3v) is 3.61. The van der Waals surface area contributed by atoms with Gasteiger partial charge in [0.1, 0.15) is 0 Å². The predicted molar refractivity (Wildman–Crippen MR) is 63.9 cm³/mol. The maximum absolute atomic E-state index is 2.42. The molecule has 0 bridgehead atoms. The highest BCUT2D eigenvalue weighted by molar-refractivity contribution is 5.79. The lowest BCUT2D eigenvalue weighted by atomic mass is 10.1. The molecule has 3 rings (SSSR count). The summed E-state index contributed by atoms with van der Waals surface area (Å²) in [5.74, 6) is 0.917. The van der Waals surface area contributed by atoms with Crippen molar-refractivity contribution in [2.24, 2.45) is 5.92 Å². The van der Waals surface area contributed by atoms with Crippen molar-refractivity contribution >= 4 is 10.9 Å². The molecule has 15 heavy (non-hydrogen) atoms. The van der Waals surface area contributed by atoms with Crippen molar-refractivity contribution in [1.29, 1.82) is 0 Å². The van der Waals surface area contributed by atoms with Gasteiger partial charge in [-0.05, 0) is 36.3 Å². The quantitative estimate of drug-likeness (QED) is 0.692. The first-order chi connectivity index (χ1) is 7.43. The molecule has 0 spiro atoms. The maximum Gasteiger partial charge on any atom is 0.0480 e. The number of hydrogen-bond acceptors (Lipinski definition) is 0. The molecule has 0 amide bonds. The average Bonchev–Trinajstić information content (AvgIpc) is 2.89. The smallest absolute Gasteiger partial charge is 0.0480 e. The molecule has 1 heterocycles. The highest BCUT2D eigenvalue weighted by Crippen LogP contribution is 2.27. The molecule has 1 saturated carbocycles. The van der Waals surface area contributed by atoms with Crippen molar-refractivity contribution in [2.75, 3.05) is 0 Å². The predicted octanol–water partition coefficient (Wildman–Crippen LogP) is 3.83. The molecular weight excluding hydrogens is 182 g/mol. The van der Waals surface area contributed by atoms with Gasteiger partial charge in [-0.2, -0.15) is 0 Å². The molecule has 0 aliphatic heterocycles. The minimum Gasteiger partial charge on any atom is -0.347 e. The zero-order valence-corrected chi connectivity index (χ0v) is 9.02. The van der Waals surface area contributed by atoms with E-state index in [2.05, 4.69) is 41.1 Å². The summed E-state index contributed by atoms with van der Waals surface area (Å²) in [7, 11) is 0. The molecule has 0 unspecified atom stereocenters. The fourth-order valence-electron chi connectivity index (χ4n) is 2.77. The summed E-state index contributed by atoms with van der Waals surface area (Å²) < 4.78 is 2.42. The molecule has 0 saturated heterocycles. The zero-order valence-electron chi connectivity index (χ0n) is 9.02. The number of hydrogen-bond donors (Lipinski definition) is 0. The van der Waals surface area contributed by atoms with Gasteiger partial charge in [0, 0.05) is 18.3 Å². The molecule has 1 aromatic heterocycles. The third kappa shape index (κ3) is 1.67. The SMILES string of the molecule is c1ccc2c(c1)ccn2CC1CCCC1. The van der Waals surface area contributed by atoms with Crippen LogP contribution in [-0.4, -0.2) is 4.57 Å². The van der Waals surface area contributed by atoms with Gasteiger partial charge in [0.15, 0.2) is 0 Å².